The van der Waals surface area contributed by atoms with E-state index < -0.39 is 5.79 Å². The minimum Gasteiger partial charge on any atom is -0.433 e. The highest BCUT2D eigenvalue weighted by molar-refractivity contribution is 6.30. The molecule has 4 rings (SSSR count). The minimum atomic E-state index is -1.01. The van der Waals surface area contributed by atoms with E-state index in [2.05, 4.69) is 5.10 Å². The van der Waals surface area contributed by atoms with Gasteiger partial charge in [-0.15, -0.1) is 5.10 Å². The van der Waals surface area contributed by atoms with Crippen molar-refractivity contribution in [2.24, 2.45) is 0 Å². The third-order valence-corrected chi connectivity index (χ3v) is 5.09. The Kier molecular flexibility index (Phi) is 3.99. The number of carbonyl (C=O) groups excluding carboxylic acids is 1. The first kappa shape index (κ1) is 16.5. The smallest absolute Gasteiger partial charge is 0.348 e. The molecule has 1 saturated carbocycles. The van der Waals surface area contributed by atoms with Crippen LogP contribution in [0.15, 0.2) is 24.3 Å². The lowest BCUT2D eigenvalue weighted by atomic mass is 9.85. The Morgan fingerprint density at radius 2 is 1.80 bits per heavy atom. The maximum atomic E-state index is 12.7. The predicted molar refractivity (Wildman–Crippen MR) is 94.5 cm³/mol. The number of fused-ring (bicyclic) bond motifs is 1. The lowest BCUT2D eigenvalue weighted by Gasteiger charge is -2.30. The maximum Gasteiger partial charge on any atom is 0.348 e. The summed E-state index contributed by atoms with van der Waals surface area (Å²) in [5, 5.41) is 5.29. The van der Waals surface area contributed by atoms with Crippen molar-refractivity contribution in [1.82, 2.24) is 9.78 Å². The van der Waals surface area contributed by atoms with Gasteiger partial charge in [-0.3, -0.25) is 0 Å². The van der Waals surface area contributed by atoms with Crippen LogP contribution in [0.5, 0.6) is 5.88 Å². The van der Waals surface area contributed by atoms with Crippen molar-refractivity contribution in [2.45, 2.75) is 57.7 Å². The maximum absolute atomic E-state index is 12.7. The van der Waals surface area contributed by atoms with Gasteiger partial charge in [-0.25, -0.2) is 9.48 Å². The van der Waals surface area contributed by atoms with E-state index in [1.54, 1.807) is 13.8 Å². The topological polar surface area (TPSA) is 53.3 Å². The van der Waals surface area contributed by atoms with Crippen LogP contribution >= 0.6 is 11.6 Å². The second kappa shape index (κ2) is 6.06. The molecule has 0 atom stereocenters. The fraction of sp³-hybridized carbons (Fsp3) is 0.474. The summed E-state index contributed by atoms with van der Waals surface area (Å²) in [5.74, 6) is -0.727. The summed E-state index contributed by atoms with van der Waals surface area (Å²) in [6, 6.07) is 7.46. The quantitative estimate of drug-likeness (QED) is 0.718. The van der Waals surface area contributed by atoms with Crippen LogP contribution in [0.2, 0.25) is 5.02 Å². The van der Waals surface area contributed by atoms with Gasteiger partial charge in [0.05, 0.1) is 11.4 Å². The standard InChI is InChI=1S/C19H21ClN2O3/c1-19(2)24-17-15(18(23)25-19)16(12-6-4-3-5-7-12)22(21-17)14-10-8-13(20)9-11-14/h8-12H,3-7H2,1-2H3. The summed E-state index contributed by atoms with van der Waals surface area (Å²) in [6.07, 6.45) is 5.64. The van der Waals surface area contributed by atoms with Gasteiger partial charge in [0.25, 0.3) is 11.7 Å². The van der Waals surface area contributed by atoms with Crippen molar-refractivity contribution in [3.8, 4) is 11.6 Å². The van der Waals surface area contributed by atoms with E-state index in [1.807, 2.05) is 28.9 Å². The van der Waals surface area contributed by atoms with Crippen LogP contribution in [0.3, 0.4) is 0 Å². The Balaban J connectivity index is 1.88. The summed E-state index contributed by atoms with van der Waals surface area (Å²) < 4.78 is 13.1. The molecule has 2 aliphatic rings. The Morgan fingerprint density at radius 1 is 1.12 bits per heavy atom. The zero-order valence-electron chi connectivity index (χ0n) is 14.4. The number of hydrogen-bond acceptors (Lipinski definition) is 4. The molecule has 1 fully saturated rings. The van der Waals surface area contributed by atoms with Crippen molar-refractivity contribution < 1.29 is 14.3 Å². The largest absolute Gasteiger partial charge is 0.433 e. The molecule has 0 saturated heterocycles. The Labute approximate surface area is 151 Å². The van der Waals surface area contributed by atoms with Crippen LogP contribution in [0, 0.1) is 0 Å². The molecule has 2 aromatic rings. The number of carbonyl (C=O) groups is 1. The first-order chi connectivity index (χ1) is 11.9. The van der Waals surface area contributed by atoms with Crippen LogP contribution in [0.4, 0.5) is 0 Å². The number of halogens is 1. The van der Waals surface area contributed by atoms with Crippen LogP contribution in [-0.2, 0) is 4.74 Å². The van der Waals surface area contributed by atoms with Gasteiger partial charge in [0, 0.05) is 24.8 Å². The van der Waals surface area contributed by atoms with Gasteiger partial charge in [0.1, 0.15) is 5.56 Å². The average molecular weight is 361 g/mol. The van der Waals surface area contributed by atoms with E-state index in [1.165, 1.54) is 6.42 Å². The van der Waals surface area contributed by atoms with Crippen LogP contribution in [-0.4, -0.2) is 21.5 Å². The molecule has 1 aromatic carbocycles. The Hall–Kier alpha value is -2.01. The van der Waals surface area contributed by atoms with E-state index in [0.717, 1.165) is 37.1 Å². The molecule has 1 aliphatic heterocycles. The molecule has 0 N–H and O–H groups in total. The Bertz CT molecular complexity index is 805. The van der Waals surface area contributed by atoms with E-state index in [9.17, 15) is 4.79 Å². The Morgan fingerprint density at radius 3 is 2.48 bits per heavy atom. The molecule has 0 radical (unpaired) electrons. The minimum absolute atomic E-state index is 0.276. The summed E-state index contributed by atoms with van der Waals surface area (Å²) in [6.45, 7) is 3.44. The van der Waals surface area contributed by atoms with E-state index in [4.69, 9.17) is 21.1 Å². The summed E-state index contributed by atoms with van der Waals surface area (Å²) in [4.78, 5) is 12.7. The molecule has 2 heterocycles. The first-order valence-electron chi connectivity index (χ1n) is 8.76. The number of ether oxygens (including phenoxy) is 2. The average Bonchev–Trinajstić information content (AvgIpc) is 2.94. The molecule has 1 aliphatic carbocycles. The SMILES string of the molecule is CC1(C)OC(=O)c2c(nn(-c3ccc(Cl)cc3)c2C2CCCCC2)O1. The predicted octanol–water partition coefficient (Wildman–Crippen LogP) is 4.86. The van der Waals surface area contributed by atoms with Crippen molar-refractivity contribution in [3.63, 3.8) is 0 Å². The fourth-order valence-electron chi connectivity index (χ4n) is 3.73. The number of benzene rings is 1. The van der Waals surface area contributed by atoms with Crippen molar-refractivity contribution in [3.05, 3.63) is 40.5 Å². The summed E-state index contributed by atoms with van der Waals surface area (Å²) in [7, 11) is 0. The van der Waals surface area contributed by atoms with Crippen LogP contribution in [0.1, 0.15) is 67.9 Å². The van der Waals surface area contributed by atoms with Crippen molar-refractivity contribution in [2.75, 3.05) is 0 Å². The fourth-order valence-corrected chi connectivity index (χ4v) is 3.86. The normalized spacial score (nSPS) is 19.9. The molecular weight excluding hydrogens is 340 g/mol. The van der Waals surface area contributed by atoms with Gasteiger partial charge in [-0.1, -0.05) is 30.9 Å². The highest BCUT2D eigenvalue weighted by Gasteiger charge is 2.41. The molecule has 6 heteroatoms. The number of rotatable bonds is 2. The second-order valence-corrected chi connectivity index (χ2v) is 7.62. The zero-order chi connectivity index (χ0) is 17.6. The molecule has 132 valence electrons. The van der Waals surface area contributed by atoms with Gasteiger partial charge < -0.3 is 9.47 Å². The van der Waals surface area contributed by atoms with Crippen LogP contribution < -0.4 is 4.74 Å². The molecule has 1 aromatic heterocycles. The molecule has 5 nitrogen and oxygen atoms in total. The van der Waals surface area contributed by atoms with Gasteiger partial charge in [0.2, 0.25) is 0 Å². The first-order valence-corrected chi connectivity index (χ1v) is 9.13. The second-order valence-electron chi connectivity index (χ2n) is 7.18. The zero-order valence-corrected chi connectivity index (χ0v) is 15.2. The lowest BCUT2D eigenvalue weighted by molar-refractivity contribution is -0.129. The highest BCUT2D eigenvalue weighted by Crippen LogP contribution is 2.42. The molecule has 0 bridgehead atoms. The molecule has 25 heavy (non-hydrogen) atoms. The lowest BCUT2D eigenvalue weighted by Crippen LogP contribution is -2.39. The number of hydrogen-bond donors (Lipinski definition) is 0. The van der Waals surface area contributed by atoms with E-state index >= 15 is 0 Å². The number of esters is 1. The van der Waals surface area contributed by atoms with Gasteiger partial charge in [0.15, 0.2) is 0 Å². The molecule has 0 unspecified atom stereocenters. The van der Waals surface area contributed by atoms with Crippen LogP contribution in [0.25, 0.3) is 5.69 Å². The molecule has 0 amide bonds. The number of aromatic nitrogens is 2. The van der Waals surface area contributed by atoms with Crippen molar-refractivity contribution >= 4 is 17.6 Å². The number of nitrogens with zero attached hydrogens (tertiary/aromatic N) is 2. The summed E-state index contributed by atoms with van der Waals surface area (Å²) in [5.41, 5.74) is 2.24. The monoisotopic (exact) mass is 360 g/mol. The summed E-state index contributed by atoms with van der Waals surface area (Å²) >= 11 is 6.02. The third-order valence-electron chi connectivity index (χ3n) is 4.84. The van der Waals surface area contributed by atoms with E-state index in [0.29, 0.717) is 16.5 Å². The number of cyclic esters (lactones) is 1. The van der Waals surface area contributed by atoms with Gasteiger partial charge >= 0.3 is 5.97 Å². The molecular formula is C19H21ClN2O3. The molecule has 0 spiro atoms. The van der Waals surface area contributed by atoms with Crippen molar-refractivity contribution in [1.29, 1.82) is 0 Å². The highest BCUT2D eigenvalue weighted by atomic mass is 35.5. The van der Waals surface area contributed by atoms with Gasteiger partial charge in [-0.05, 0) is 37.1 Å². The third kappa shape index (κ3) is 3.01. The van der Waals surface area contributed by atoms with E-state index in [-0.39, 0.29) is 11.9 Å². The van der Waals surface area contributed by atoms with Gasteiger partial charge in [-0.2, -0.15) is 0 Å².